The average Bonchev–Trinajstić information content (AvgIpc) is 2.48. The molecule has 0 amide bonds. The van der Waals surface area contributed by atoms with Crippen LogP contribution >= 0.6 is 0 Å². The van der Waals surface area contributed by atoms with E-state index < -0.39 is 18.4 Å². The molecule has 72 valence electrons. The van der Waals surface area contributed by atoms with E-state index >= 15 is 0 Å². The molecule has 0 aromatic carbocycles. The first kappa shape index (κ1) is 10.1. The Morgan fingerprint density at radius 2 is 2.00 bits per heavy atom. The number of halogens is 3. The Morgan fingerprint density at radius 1 is 1.36 bits per heavy atom. The van der Waals surface area contributed by atoms with E-state index in [4.69, 9.17) is 10.5 Å². The van der Waals surface area contributed by atoms with Gasteiger partial charge in [-0.2, -0.15) is 23.7 Å². The molecular formula is C8H4F3N3. The molecule has 0 aliphatic heterocycles. The lowest BCUT2D eigenvalue weighted by Gasteiger charge is -2.07. The van der Waals surface area contributed by atoms with Gasteiger partial charge < -0.3 is 4.57 Å². The van der Waals surface area contributed by atoms with Crippen LogP contribution in [0.4, 0.5) is 13.2 Å². The Morgan fingerprint density at radius 3 is 2.43 bits per heavy atom. The van der Waals surface area contributed by atoms with E-state index in [9.17, 15) is 13.2 Å². The van der Waals surface area contributed by atoms with Crippen molar-refractivity contribution in [2.45, 2.75) is 12.7 Å². The van der Waals surface area contributed by atoms with Gasteiger partial charge in [-0.15, -0.1) is 0 Å². The standard InChI is InChI=1S/C8H4F3N3/c9-8(10,11)7-3-6(4-13)5-14(7)2-1-12/h3,5H,2H2. The second-order valence-corrected chi connectivity index (χ2v) is 2.51. The van der Waals surface area contributed by atoms with Crippen LogP contribution < -0.4 is 0 Å². The summed E-state index contributed by atoms with van der Waals surface area (Å²) in [4.78, 5) is 0. The highest BCUT2D eigenvalue weighted by atomic mass is 19.4. The van der Waals surface area contributed by atoms with Crippen molar-refractivity contribution in [3.63, 3.8) is 0 Å². The van der Waals surface area contributed by atoms with E-state index in [0.29, 0.717) is 4.57 Å². The zero-order valence-electron chi connectivity index (χ0n) is 6.84. The lowest BCUT2D eigenvalue weighted by atomic mass is 10.3. The third-order valence-corrected chi connectivity index (χ3v) is 1.56. The van der Waals surface area contributed by atoms with E-state index in [-0.39, 0.29) is 5.56 Å². The van der Waals surface area contributed by atoms with Crippen molar-refractivity contribution >= 4 is 0 Å². The van der Waals surface area contributed by atoms with Gasteiger partial charge in [0.2, 0.25) is 0 Å². The molecule has 1 rings (SSSR count). The van der Waals surface area contributed by atoms with Gasteiger partial charge in [-0.3, -0.25) is 0 Å². The molecule has 0 aliphatic carbocycles. The lowest BCUT2D eigenvalue weighted by Crippen LogP contribution is -2.12. The lowest BCUT2D eigenvalue weighted by molar-refractivity contribution is -0.143. The van der Waals surface area contributed by atoms with Crippen LogP contribution in [0.5, 0.6) is 0 Å². The van der Waals surface area contributed by atoms with Crippen LogP contribution in [-0.2, 0) is 12.7 Å². The fourth-order valence-corrected chi connectivity index (χ4v) is 1.02. The fraction of sp³-hybridized carbons (Fsp3) is 0.250. The summed E-state index contributed by atoms with van der Waals surface area (Å²) in [5, 5.41) is 16.7. The summed E-state index contributed by atoms with van der Waals surface area (Å²) in [5.41, 5.74) is -1.08. The molecule has 0 radical (unpaired) electrons. The molecule has 0 unspecified atom stereocenters. The van der Waals surface area contributed by atoms with E-state index in [2.05, 4.69) is 0 Å². The topological polar surface area (TPSA) is 52.5 Å². The van der Waals surface area contributed by atoms with Crippen LogP contribution in [0.15, 0.2) is 12.3 Å². The summed E-state index contributed by atoms with van der Waals surface area (Å²) < 4.78 is 37.6. The predicted octanol–water partition coefficient (Wildman–Crippen LogP) is 1.90. The summed E-state index contributed by atoms with van der Waals surface area (Å²) in [7, 11) is 0. The van der Waals surface area contributed by atoms with Crippen LogP contribution in [0.25, 0.3) is 0 Å². The molecule has 0 spiro atoms. The third-order valence-electron chi connectivity index (χ3n) is 1.56. The quantitative estimate of drug-likeness (QED) is 0.693. The van der Waals surface area contributed by atoms with Crippen molar-refractivity contribution in [2.75, 3.05) is 0 Å². The molecule has 0 atom stereocenters. The number of alkyl halides is 3. The van der Waals surface area contributed by atoms with E-state index in [1.807, 2.05) is 0 Å². The number of hydrogen-bond acceptors (Lipinski definition) is 2. The highest BCUT2D eigenvalue weighted by Gasteiger charge is 2.34. The van der Waals surface area contributed by atoms with Crippen molar-refractivity contribution < 1.29 is 13.2 Å². The minimum Gasteiger partial charge on any atom is -0.329 e. The molecule has 1 aromatic heterocycles. The number of nitriles is 2. The molecule has 0 saturated heterocycles. The summed E-state index contributed by atoms with van der Waals surface area (Å²) in [5.74, 6) is 0. The second-order valence-electron chi connectivity index (χ2n) is 2.51. The number of rotatable bonds is 1. The normalized spacial score (nSPS) is 10.6. The predicted molar refractivity (Wildman–Crippen MR) is 39.8 cm³/mol. The Balaban J connectivity index is 3.22. The highest BCUT2D eigenvalue weighted by molar-refractivity contribution is 5.31. The van der Waals surface area contributed by atoms with Crippen LogP contribution in [0.3, 0.4) is 0 Å². The van der Waals surface area contributed by atoms with Gasteiger partial charge in [-0.1, -0.05) is 0 Å². The van der Waals surface area contributed by atoms with Gasteiger partial charge in [-0.05, 0) is 6.07 Å². The van der Waals surface area contributed by atoms with E-state index in [1.54, 1.807) is 12.1 Å². The Kier molecular flexibility index (Phi) is 2.48. The summed E-state index contributed by atoms with van der Waals surface area (Å²) >= 11 is 0. The Hall–Kier alpha value is -1.95. The van der Waals surface area contributed by atoms with Gasteiger partial charge in [0, 0.05) is 6.20 Å². The molecule has 1 heterocycles. The molecule has 0 fully saturated rings. The van der Waals surface area contributed by atoms with Gasteiger partial charge in [0.15, 0.2) is 0 Å². The van der Waals surface area contributed by atoms with Crippen molar-refractivity contribution in [3.05, 3.63) is 23.5 Å². The Labute approximate surface area is 77.6 Å². The smallest absolute Gasteiger partial charge is 0.329 e. The van der Waals surface area contributed by atoms with Crippen molar-refractivity contribution in [1.82, 2.24) is 4.57 Å². The zero-order valence-corrected chi connectivity index (χ0v) is 6.84. The average molecular weight is 199 g/mol. The van der Waals surface area contributed by atoms with Crippen molar-refractivity contribution in [1.29, 1.82) is 10.5 Å². The van der Waals surface area contributed by atoms with E-state index in [1.165, 1.54) is 0 Å². The van der Waals surface area contributed by atoms with E-state index in [0.717, 1.165) is 12.3 Å². The van der Waals surface area contributed by atoms with Crippen LogP contribution in [0.1, 0.15) is 11.3 Å². The first-order valence-electron chi connectivity index (χ1n) is 3.53. The number of aromatic nitrogens is 1. The van der Waals surface area contributed by atoms with Crippen LogP contribution in [0.2, 0.25) is 0 Å². The fourth-order valence-electron chi connectivity index (χ4n) is 1.02. The zero-order chi connectivity index (χ0) is 10.8. The Bertz CT molecular complexity index is 417. The second kappa shape index (κ2) is 3.43. The minimum atomic E-state index is -4.54. The molecule has 0 N–H and O–H groups in total. The van der Waals surface area contributed by atoms with Gasteiger partial charge in [0.25, 0.3) is 0 Å². The summed E-state index contributed by atoms with van der Waals surface area (Å²) in [6.07, 6.45) is -3.53. The monoisotopic (exact) mass is 199 g/mol. The minimum absolute atomic E-state index is 0.104. The van der Waals surface area contributed by atoms with Gasteiger partial charge in [0.1, 0.15) is 18.3 Å². The molecule has 14 heavy (non-hydrogen) atoms. The van der Waals surface area contributed by atoms with Gasteiger partial charge in [0.05, 0.1) is 11.6 Å². The maximum absolute atomic E-state index is 12.3. The molecule has 0 bridgehead atoms. The number of nitrogens with zero attached hydrogens (tertiary/aromatic N) is 3. The largest absolute Gasteiger partial charge is 0.431 e. The maximum Gasteiger partial charge on any atom is 0.431 e. The molecule has 3 nitrogen and oxygen atoms in total. The molecule has 1 aromatic rings. The summed E-state index contributed by atoms with van der Waals surface area (Å²) in [6, 6.07) is 3.90. The van der Waals surface area contributed by atoms with Gasteiger partial charge >= 0.3 is 6.18 Å². The molecular weight excluding hydrogens is 195 g/mol. The van der Waals surface area contributed by atoms with Gasteiger partial charge in [-0.25, -0.2) is 0 Å². The van der Waals surface area contributed by atoms with Crippen LogP contribution in [0, 0.1) is 22.7 Å². The first-order valence-corrected chi connectivity index (χ1v) is 3.53. The first-order chi connectivity index (χ1) is 6.49. The third kappa shape index (κ3) is 1.86. The number of hydrogen-bond donors (Lipinski definition) is 0. The molecule has 0 saturated carbocycles. The summed E-state index contributed by atoms with van der Waals surface area (Å²) in [6.45, 7) is -0.420. The molecule has 6 heteroatoms. The SMILES string of the molecule is N#CCn1cc(C#N)cc1C(F)(F)F. The van der Waals surface area contributed by atoms with Crippen LogP contribution in [-0.4, -0.2) is 4.57 Å². The maximum atomic E-state index is 12.3. The van der Waals surface area contributed by atoms with Crippen molar-refractivity contribution in [3.8, 4) is 12.1 Å². The highest BCUT2D eigenvalue weighted by Crippen LogP contribution is 2.30. The van der Waals surface area contributed by atoms with Crippen molar-refractivity contribution in [2.24, 2.45) is 0 Å². The molecule has 0 aliphatic rings.